The number of rotatable bonds is 2. The van der Waals surface area contributed by atoms with Crippen molar-refractivity contribution in [2.24, 2.45) is 0 Å². The Morgan fingerprint density at radius 1 is 0.600 bits per heavy atom. The van der Waals surface area contributed by atoms with Crippen LogP contribution in [0.2, 0.25) is 0 Å². The van der Waals surface area contributed by atoms with Gasteiger partial charge in [0.1, 0.15) is 0 Å². The van der Waals surface area contributed by atoms with Gasteiger partial charge in [0, 0.05) is 0 Å². The monoisotopic (exact) mass is 198 g/mol. The lowest BCUT2D eigenvalue weighted by molar-refractivity contribution is 1.19. The van der Waals surface area contributed by atoms with Crippen LogP contribution >= 0.6 is 0 Å². The second-order valence-corrected chi connectivity index (χ2v) is 3.15. The van der Waals surface area contributed by atoms with Crippen LogP contribution in [0.25, 0.3) is 0 Å². The molecule has 0 heterocycles. The molecule has 0 spiro atoms. The molecule has 2 rings (SSSR count). The summed E-state index contributed by atoms with van der Waals surface area (Å²) in [6.45, 7) is 4.00. The third kappa shape index (κ3) is 3.99. The first-order chi connectivity index (χ1) is 7.45. The molecule has 0 aliphatic carbocycles. The van der Waals surface area contributed by atoms with E-state index in [4.69, 9.17) is 0 Å². The molecule has 0 aromatic heterocycles. The van der Waals surface area contributed by atoms with Crippen LogP contribution in [0.4, 0.5) is 0 Å². The van der Waals surface area contributed by atoms with Gasteiger partial charge in [0.25, 0.3) is 0 Å². The van der Waals surface area contributed by atoms with Gasteiger partial charge in [-0.3, -0.25) is 0 Å². The molecule has 0 heteroatoms. The zero-order chi connectivity index (χ0) is 10.9. The Kier molecular flexibility index (Phi) is 5.24. The molecule has 2 aromatic rings. The molecular weight excluding hydrogens is 180 g/mol. The summed E-state index contributed by atoms with van der Waals surface area (Å²) in [7, 11) is 0. The molecule has 0 fully saturated rings. The Bertz CT molecular complexity index is 311. The minimum absolute atomic E-state index is 1.03. The van der Waals surface area contributed by atoms with Crippen molar-refractivity contribution in [1.29, 1.82) is 0 Å². The van der Waals surface area contributed by atoms with Crippen LogP contribution in [-0.4, -0.2) is 0 Å². The maximum absolute atomic E-state index is 2.16. The molecule has 0 radical (unpaired) electrons. The van der Waals surface area contributed by atoms with Crippen molar-refractivity contribution in [2.45, 2.75) is 20.3 Å². The van der Waals surface area contributed by atoms with Crippen LogP contribution in [0.15, 0.2) is 60.7 Å². The van der Waals surface area contributed by atoms with Crippen LogP contribution in [0.3, 0.4) is 0 Å². The zero-order valence-electron chi connectivity index (χ0n) is 9.48. The van der Waals surface area contributed by atoms with Crippen LogP contribution in [0.5, 0.6) is 0 Å². The van der Waals surface area contributed by atoms with E-state index >= 15 is 0 Å². The van der Waals surface area contributed by atoms with Crippen LogP contribution < -0.4 is 0 Å². The third-order valence-electron chi connectivity index (χ3n) is 2.09. The quantitative estimate of drug-likeness (QED) is 0.674. The Morgan fingerprint density at radius 3 is 1.27 bits per heavy atom. The predicted molar refractivity (Wildman–Crippen MR) is 67.0 cm³/mol. The van der Waals surface area contributed by atoms with Crippen molar-refractivity contribution in [1.82, 2.24) is 0 Å². The minimum Gasteiger partial charge on any atom is -0.0683 e. The van der Waals surface area contributed by atoms with Crippen molar-refractivity contribution in [2.75, 3.05) is 0 Å². The van der Waals surface area contributed by atoms with E-state index in [-0.39, 0.29) is 0 Å². The van der Waals surface area contributed by atoms with Gasteiger partial charge in [-0.1, -0.05) is 74.5 Å². The van der Waals surface area contributed by atoms with E-state index < -0.39 is 0 Å². The number of hydrogen-bond acceptors (Lipinski definition) is 0. The normalized spacial score (nSPS) is 8.93. The smallest absolute Gasteiger partial charge is 0.00258 e. The largest absolute Gasteiger partial charge is 0.0683 e. The second kappa shape index (κ2) is 6.83. The summed E-state index contributed by atoms with van der Waals surface area (Å²) in [6, 6.07) is 21.1. The maximum atomic E-state index is 2.16. The molecular formula is C15H18. The molecule has 0 aliphatic heterocycles. The number of hydrogen-bond donors (Lipinski definition) is 0. The van der Waals surface area contributed by atoms with Crippen molar-refractivity contribution in [3.05, 3.63) is 71.8 Å². The first-order valence-corrected chi connectivity index (χ1v) is 5.53. The molecule has 0 aliphatic rings. The average molecular weight is 198 g/mol. The third-order valence-corrected chi connectivity index (χ3v) is 2.09. The summed E-state index contributed by atoms with van der Waals surface area (Å²) in [5.41, 5.74) is 2.74. The summed E-state index contributed by atoms with van der Waals surface area (Å²) in [6.07, 6.45) is 1.03. The topological polar surface area (TPSA) is 0 Å². The molecule has 0 saturated carbocycles. The summed E-state index contributed by atoms with van der Waals surface area (Å²) in [5.74, 6) is 0. The van der Waals surface area contributed by atoms with E-state index in [9.17, 15) is 0 Å². The molecule has 0 unspecified atom stereocenters. The molecule has 0 atom stereocenters. The average Bonchev–Trinajstić information content (AvgIpc) is 2.34. The zero-order valence-corrected chi connectivity index (χ0v) is 9.48. The molecule has 0 bridgehead atoms. The van der Waals surface area contributed by atoms with Gasteiger partial charge in [-0.15, -0.1) is 0 Å². The van der Waals surface area contributed by atoms with Crippen molar-refractivity contribution >= 4 is 0 Å². The highest BCUT2D eigenvalue weighted by atomic mass is 14.0. The molecule has 78 valence electrons. The van der Waals surface area contributed by atoms with Gasteiger partial charge in [0.15, 0.2) is 0 Å². The van der Waals surface area contributed by atoms with Gasteiger partial charge in [-0.2, -0.15) is 0 Å². The highest BCUT2D eigenvalue weighted by Gasteiger charge is 1.92. The van der Waals surface area contributed by atoms with Crippen LogP contribution in [0, 0.1) is 0 Å². The fraction of sp³-hybridized carbons (Fsp3) is 0.200. The van der Waals surface area contributed by atoms with Crippen molar-refractivity contribution < 1.29 is 0 Å². The van der Waals surface area contributed by atoms with Gasteiger partial charge in [0.2, 0.25) is 0 Å². The van der Waals surface area contributed by atoms with Gasteiger partial charge in [-0.25, -0.2) is 0 Å². The van der Waals surface area contributed by atoms with E-state index in [2.05, 4.69) is 60.7 Å². The van der Waals surface area contributed by atoms with Gasteiger partial charge >= 0.3 is 0 Å². The Labute approximate surface area is 92.6 Å². The van der Waals surface area contributed by atoms with Crippen LogP contribution in [-0.2, 0) is 6.42 Å². The molecule has 0 amide bonds. The SMILES string of the molecule is CC.c1ccc(Cc2ccccc2)cc1. The van der Waals surface area contributed by atoms with Crippen LogP contribution in [0.1, 0.15) is 25.0 Å². The standard InChI is InChI=1S/C13H12.C2H6/c1-3-7-12(8-4-1)11-13-9-5-2-6-10-13;1-2/h1-10H,11H2;1-2H3. The van der Waals surface area contributed by atoms with Gasteiger partial charge in [-0.05, 0) is 17.5 Å². The minimum atomic E-state index is 1.03. The van der Waals surface area contributed by atoms with Crippen molar-refractivity contribution in [3.63, 3.8) is 0 Å². The van der Waals surface area contributed by atoms with Gasteiger partial charge in [0.05, 0.1) is 0 Å². The Hall–Kier alpha value is -1.56. The lowest BCUT2D eigenvalue weighted by Crippen LogP contribution is -1.85. The number of benzene rings is 2. The van der Waals surface area contributed by atoms with E-state index in [0.29, 0.717) is 0 Å². The fourth-order valence-corrected chi connectivity index (χ4v) is 1.43. The molecule has 15 heavy (non-hydrogen) atoms. The summed E-state index contributed by atoms with van der Waals surface area (Å²) >= 11 is 0. The lowest BCUT2D eigenvalue weighted by atomic mass is 10.1. The Morgan fingerprint density at radius 2 is 0.933 bits per heavy atom. The first kappa shape index (κ1) is 11.5. The van der Waals surface area contributed by atoms with E-state index in [1.54, 1.807) is 0 Å². The predicted octanol–water partition coefficient (Wildman–Crippen LogP) is 4.30. The Balaban J connectivity index is 0.000000531. The van der Waals surface area contributed by atoms with Gasteiger partial charge < -0.3 is 0 Å². The molecule has 0 nitrogen and oxygen atoms in total. The maximum Gasteiger partial charge on any atom is -0.00258 e. The first-order valence-electron chi connectivity index (χ1n) is 5.53. The highest BCUT2D eigenvalue weighted by Crippen LogP contribution is 2.07. The molecule has 2 aromatic carbocycles. The summed E-state index contributed by atoms with van der Waals surface area (Å²) in [5, 5.41) is 0. The van der Waals surface area contributed by atoms with E-state index in [0.717, 1.165) is 6.42 Å². The fourth-order valence-electron chi connectivity index (χ4n) is 1.43. The summed E-state index contributed by atoms with van der Waals surface area (Å²) in [4.78, 5) is 0. The molecule has 0 saturated heterocycles. The highest BCUT2D eigenvalue weighted by molar-refractivity contribution is 5.25. The second-order valence-electron chi connectivity index (χ2n) is 3.15. The summed E-state index contributed by atoms with van der Waals surface area (Å²) < 4.78 is 0. The van der Waals surface area contributed by atoms with E-state index in [1.165, 1.54) is 11.1 Å². The van der Waals surface area contributed by atoms with E-state index in [1.807, 2.05) is 13.8 Å². The van der Waals surface area contributed by atoms with Crippen molar-refractivity contribution in [3.8, 4) is 0 Å². The lowest BCUT2D eigenvalue weighted by Gasteiger charge is -2.00. The molecule has 0 N–H and O–H groups in total.